The van der Waals surface area contributed by atoms with Crippen LogP contribution in [0.15, 0.2) is 12.2 Å². The monoisotopic (exact) mass is 418 g/mol. The van der Waals surface area contributed by atoms with Crippen molar-refractivity contribution in [3.05, 3.63) is 34.4 Å². The van der Waals surface area contributed by atoms with Crippen LogP contribution in [0, 0.1) is 32.6 Å². The molecule has 0 amide bonds. The number of benzene rings is 1. The van der Waals surface area contributed by atoms with Gasteiger partial charge in [0.1, 0.15) is 23.9 Å². The molecule has 0 aliphatic carbocycles. The molecule has 1 N–H and O–H groups in total. The van der Waals surface area contributed by atoms with Gasteiger partial charge in [-0.1, -0.05) is 46.1 Å². The Morgan fingerprint density at radius 2 is 1.83 bits per heavy atom. The summed E-state index contributed by atoms with van der Waals surface area (Å²) in [5.74, 6) is 3.36. The molecular formula is C26H42O4. The van der Waals surface area contributed by atoms with Gasteiger partial charge in [-0.05, 0) is 81.6 Å². The maximum atomic E-state index is 8.83. The molecule has 2 rings (SSSR count). The number of ether oxygens (including phenoxy) is 3. The van der Waals surface area contributed by atoms with Gasteiger partial charge in [0.25, 0.3) is 0 Å². The van der Waals surface area contributed by atoms with Crippen molar-refractivity contribution in [3.63, 3.8) is 0 Å². The van der Waals surface area contributed by atoms with Crippen LogP contribution in [-0.2, 0) is 11.2 Å². The summed E-state index contributed by atoms with van der Waals surface area (Å²) in [6, 6.07) is 0. The van der Waals surface area contributed by atoms with Crippen LogP contribution in [0.4, 0.5) is 0 Å². The summed E-state index contributed by atoms with van der Waals surface area (Å²) in [5, 5.41) is 8.83. The zero-order valence-corrected chi connectivity index (χ0v) is 20.1. The molecule has 0 radical (unpaired) electrons. The van der Waals surface area contributed by atoms with Gasteiger partial charge in [0.05, 0.1) is 0 Å². The number of hydrogen-bond acceptors (Lipinski definition) is 4. The largest absolute Gasteiger partial charge is 0.483 e. The summed E-state index contributed by atoms with van der Waals surface area (Å²) in [6.45, 7) is 15.1. The summed E-state index contributed by atoms with van der Waals surface area (Å²) in [7, 11) is 0. The topological polar surface area (TPSA) is 47.9 Å². The van der Waals surface area contributed by atoms with E-state index in [1.165, 1.54) is 24.8 Å². The third-order valence-electron chi connectivity index (χ3n) is 6.38. The van der Waals surface area contributed by atoms with E-state index in [1.54, 1.807) is 0 Å². The van der Waals surface area contributed by atoms with Crippen molar-refractivity contribution in [2.24, 2.45) is 11.8 Å². The fourth-order valence-corrected chi connectivity index (χ4v) is 4.27. The van der Waals surface area contributed by atoms with Crippen LogP contribution < -0.4 is 9.47 Å². The van der Waals surface area contributed by atoms with Crippen molar-refractivity contribution >= 4 is 0 Å². The highest BCUT2D eigenvalue weighted by molar-refractivity contribution is 5.59. The third kappa shape index (κ3) is 6.49. The smallest absolute Gasteiger partial charge is 0.191 e. The van der Waals surface area contributed by atoms with Crippen LogP contribution in [-0.4, -0.2) is 24.3 Å². The molecule has 0 saturated heterocycles. The molecule has 0 aromatic heterocycles. The molecule has 1 aliphatic rings. The first-order chi connectivity index (χ1) is 14.2. The lowest BCUT2D eigenvalue weighted by Gasteiger charge is -2.36. The van der Waals surface area contributed by atoms with Crippen LogP contribution in [0.25, 0.3) is 0 Å². The van der Waals surface area contributed by atoms with E-state index in [4.69, 9.17) is 19.3 Å². The van der Waals surface area contributed by atoms with Gasteiger partial charge in [0, 0.05) is 5.56 Å². The molecule has 1 aromatic carbocycles. The minimum atomic E-state index is -0.341. The molecule has 1 aliphatic heterocycles. The minimum absolute atomic E-state index is 0.0487. The first kappa shape index (κ1) is 24.7. The van der Waals surface area contributed by atoms with Crippen molar-refractivity contribution < 1.29 is 19.3 Å². The van der Waals surface area contributed by atoms with Crippen molar-refractivity contribution in [2.45, 2.75) is 92.6 Å². The number of rotatable bonds is 11. The van der Waals surface area contributed by atoms with Crippen molar-refractivity contribution in [3.8, 4) is 11.5 Å². The van der Waals surface area contributed by atoms with Crippen molar-refractivity contribution in [1.82, 2.24) is 0 Å². The van der Waals surface area contributed by atoms with Gasteiger partial charge in [0.15, 0.2) is 6.79 Å². The highest BCUT2D eigenvalue weighted by Gasteiger charge is 2.32. The Hall–Kier alpha value is -1.52. The van der Waals surface area contributed by atoms with Crippen LogP contribution in [0.2, 0.25) is 0 Å². The molecule has 4 heteroatoms. The number of fused-ring (bicyclic) bond motifs is 1. The Balaban J connectivity index is 2.06. The summed E-state index contributed by atoms with van der Waals surface area (Å²) < 4.78 is 17.3. The number of aliphatic hydroxyl groups is 1. The molecule has 0 fully saturated rings. The van der Waals surface area contributed by atoms with Crippen LogP contribution in [0.3, 0.4) is 0 Å². The second-order valence-electron chi connectivity index (χ2n) is 9.59. The van der Waals surface area contributed by atoms with E-state index in [-0.39, 0.29) is 19.2 Å². The van der Waals surface area contributed by atoms with E-state index in [9.17, 15) is 0 Å². The molecule has 4 nitrogen and oxygen atoms in total. The molecule has 2 unspecified atom stereocenters. The summed E-state index contributed by atoms with van der Waals surface area (Å²) in [4.78, 5) is 0. The lowest BCUT2D eigenvalue weighted by molar-refractivity contribution is -0.0658. The normalized spacial score (nSPS) is 19.8. The van der Waals surface area contributed by atoms with E-state index in [1.807, 2.05) is 0 Å². The lowest BCUT2D eigenvalue weighted by Crippen LogP contribution is -2.35. The Labute approximate surface area is 183 Å². The van der Waals surface area contributed by atoms with E-state index < -0.39 is 0 Å². The van der Waals surface area contributed by atoms with Gasteiger partial charge in [0.2, 0.25) is 0 Å². The van der Waals surface area contributed by atoms with E-state index >= 15 is 0 Å². The van der Waals surface area contributed by atoms with Crippen molar-refractivity contribution in [2.75, 3.05) is 13.6 Å². The number of allylic oxidation sites excluding steroid dienone is 1. The Kier molecular flexibility index (Phi) is 9.24. The summed E-state index contributed by atoms with van der Waals surface area (Å²) in [5.41, 5.74) is 4.26. The zero-order chi connectivity index (χ0) is 22.3. The van der Waals surface area contributed by atoms with Crippen LogP contribution >= 0.6 is 0 Å². The van der Waals surface area contributed by atoms with Gasteiger partial charge >= 0.3 is 0 Å². The summed E-state index contributed by atoms with van der Waals surface area (Å²) in [6.07, 6.45) is 11.6. The van der Waals surface area contributed by atoms with Crippen molar-refractivity contribution in [1.29, 1.82) is 0 Å². The molecule has 170 valence electrons. The van der Waals surface area contributed by atoms with Gasteiger partial charge in [-0.25, -0.2) is 0 Å². The zero-order valence-electron chi connectivity index (χ0n) is 20.1. The van der Waals surface area contributed by atoms with E-state index in [2.05, 4.69) is 60.6 Å². The van der Waals surface area contributed by atoms with E-state index in [0.29, 0.717) is 5.92 Å². The second-order valence-corrected chi connectivity index (χ2v) is 9.59. The highest BCUT2D eigenvalue weighted by atomic mass is 16.7. The first-order valence-electron chi connectivity index (χ1n) is 11.5. The Morgan fingerprint density at radius 1 is 1.10 bits per heavy atom. The fourth-order valence-electron chi connectivity index (χ4n) is 4.27. The predicted octanol–water partition coefficient (Wildman–Crippen LogP) is 6.41. The maximum Gasteiger partial charge on any atom is 0.191 e. The maximum absolute atomic E-state index is 8.83. The van der Waals surface area contributed by atoms with Crippen LogP contribution in [0.1, 0.15) is 82.1 Å². The third-order valence-corrected chi connectivity index (χ3v) is 6.38. The van der Waals surface area contributed by atoms with Crippen LogP contribution in [0.5, 0.6) is 11.5 Å². The van der Waals surface area contributed by atoms with E-state index in [0.717, 1.165) is 53.4 Å². The Bertz CT molecular complexity index is 722. The molecule has 30 heavy (non-hydrogen) atoms. The first-order valence-corrected chi connectivity index (χ1v) is 11.5. The summed E-state index contributed by atoms with van der Waals surface area (Å²) >= 11 is 0. The Morgan fingerprint density at radius 3 is 2.50 bits per heavy atom. The van der Waals surface area contributed by atoms with Gasteiger partial charge < -0.3 is 19.3 Å². The second kappa shape index (κ2) is 11.2. The molecule has 1 aromatic rings. The molecule has 0 bridgehead atoms. The number of hydrogen-bond donors (Lipinski definition) is 1. The highest BCUT2D eigenvalue weighted by Crippen LogP contribution is 2.44. The average molecular weight is 419 g/mol. The average Bonchev–Trinajstić information content (AvgIpc) is 2.68. The quantitative estimate of drug-likeness (QED) is 0.256. The number of aliphatic hydroxyl groups excluding tert-OH is 1. The minimum Gasteiger partial charge on any atom is -0.483 e. The molecular weight excluding hydrogens is 376 g/mol. The SMILES string of the molecule is Cc1c(C)c2c(c(C)c1OCOCO)CCC(C)(C=CCC(C)CCCC(C)C)O2. The fraction of sp³-hybridized carbons (Fsp3) is 0.692. The predicted molar refractivity (Wildman–Crippen MR) is 123 cm³/mol. The van der Waals surface area contributed by atoms with Gasteiger partial charge in [-0.2, -0.15) is 0 Å². The lowest BCUT2D eigenvalue weighted by atomic mass is 9.86. The molecule has 1 heterocycles. The van der Waals surface area contributed by atoms with Gasteiger partial charge in [-0.3, -0.25) is 0 Å². The molecule has 2 atom stereocenters. The van der Waals surface area contributed by atoms with Gasteiger partial charge in [-0.15, -0.1) is 0 Å². The molecule has 0 saturated carbocycles. The molecule has 0 spiro atoms. The standard InChI is InChI=1S/C26H42O4/c1-18(2)10-8-11-19(3)12-9-14-26(7)15-13-23-22(6)24(29-17-28-16-27)20(4)21(5)25(23)30-26/h9,14,18-19,27H,8,10-13,15-17H2,1-7H3.